The first-order valence-corrected chi connectivity index (χ1v) is 9.55. The Balaban J connectivity index is 1.77. The summed E-state index contributed by atoms with van der Waals surface area (Å²) < 4.78 is 37.5. The van der Waals surface area contributed by atoms with Gasteiger partial charge >= 0.3 is 0 Å². The van der Waals surface area contributed by atoms with Gasteiger partial charge in [-0.05, 0) is 42.5 Å². The summed E-state index contributed by atoms with van der Waals surface area (Å²) in [5.41, 5.74) is 0.698. The van der Waals surface area contributed by atoms with Crippen LogP contribution in [0.3, 0.4) is 0 Å². The van der Waals surface area contributed by atoms with Gasteiger partial charge in [0.2, 0.25) is 21.7 Å². The first kappa shape index (κ1) is 18.7. The Morgan fingerprint density at radius 2 is 1.81 bits per heavy atom. The number of methoxy groups -OCH3 is 1. The average Bonchev–Trinajstić information content (AvgIpc) is 3.10. The molecule has 0 radical (unpaired) electrons. The van der Waals surface area contributed by atoms with E-state index in [4.69, 9.17) is 32.5 Å². The van der Waals surface area contributed by atoms with Gasteiger partial charge in [-0.1, -0.05) is 28.4 Å². The molecule has 3 aromatic rings. The lowest BCUT2D eigenvalue weighted by atomic mass is 10.2. The molecule has 26 heavy (non-hydrogen) atoms. The Hall–Kier alpha value is -2.13. The van der Waals surface area contributed by atoms with Crippen LogP contribution >= 0.6 is 23.2 Å². The van der Waals surface area contributed by atoms with Gasteiger partial charge in [-0.2, -0.15) is 4.98 Å². The van der Waals surface area contributed by atoms with Crippen molar-refractivity contribution in [2.75, 3.05) is 7.11 Å². The zero-order valence-electron chi connectivity index (χ0n) is 13.4. The van der Waals surface area contributed by atoms with Gasteiger partial charge in [0.1, 0.15) is 10.6 Å². The molecular formula is C16H13Cl2N3O4S. The third kappa shape index (κ3) is 4.16. The molecule has 136 valence electrons. The molecule has 0 amide bonds. The van der Waals surface area contributed by atoms with Crippen LogP contribution in [0.5, 0.6) is 5.75 Å². The summed E-state index contributed by atoms with van der Waals surface area (Å²) in [6.07, 6.45) is 0. The third-order valence-electron chi connectivity index (χ3n) is 3.40. The van der Waals surface area contributed by atoms with E-state index in [1.54, 1.807) is 24.3 Å². The van der Waals surface area contributed by atoms with Crippen LogP contribution in [0, 0.1) is 0 Å². The van der Waals surface area contributed by atoms with Crippen LogP contribution in [-0.2, 0) is 16.6 Å². The van der Waals surface area contributed by atoms with E-state index in [2.05, 4.69) is 14.9 Å². The summed E-state index contributed by atoms with van der Waals surface area (Å²) in [6.45, 7) is -0.182. The summed E-state index contributed by atoms with van der Waals surface area (Å²) in [6, 6.07) is 11.2. The minimum absolute atomic E-state index is 0.0788. The van der Waals surface area contributed by atoms with E-state index in [1.165, 1.54) is 25.3 Å². The molecule has 1 heterocycles. The quantitative estimate of drug-likeness (QED) is 0.663. The topological polar surface area (TPSA) is 94.3 Å². The number of sulfonamides is 1. The minimum atomic E-state index is -3.89. The van der Waals surface area contributed by atoms with Crippen molar-refractivity contribution in [2.24, 2.45) is 0 Å². The molecule has 10 heteroatoms. The second kappa shape index (κ2) is 7.63. The van der Waals surface area contributed by atoms with Crippen molar-refractivity contribution < 1.29 is 17.7 Å². The number of nitrogens with one attached hydrogen (secondary N) is 1. The number of hydrogen-bond donors (Lipinski definition) is 1. The predicted molar refractivity (Wildman–Crippen MR) is 96.8 cm³/mol. The molecular weight excluding hydrogens is 401 g/mol. The van der Waals surface area contributed by atoms with E-state index < -0.39 is 10.0 Å². The van der Waals surface area contributed by atoms with Crippen LogP contribution < -0.4 is 9.46 Å². The molecule has 1 aromatic heterocycles. The Morgan fingerprint density at radius 3 is 2.50 bits per heavy atom. The van der Waals surface area contributed by atoms with Crippen molar-refractivity contribution in [3.8, 4) is 17.1 Å². The summed E-state index contributed by atoms with van der Waals surface area (Å²) >= 11 is 11.7. The lowest BCUT2D eigenvalue weighted by Crippen LogP contribution is -2.24. The molecule has 1 N–H and O–H groups in total. The van der Waals surface area contributed by atoms with Gasteiger partial charge < -0.3 is 9.26 Å². The van der Waals surface area contributed by atoms with E-state index in [9.17, 15) is 8.42 Å². The predicted octanol–water partition coefficient (Wildman–Crippen LogP) is 3.53. The zero-order valence-corrected chi connectivity index (χ0v) is 15.8. The van der Waals surface area contributed by atoms with Crippen molar-refractivity contribution >= 4 is 33.2 Å². The van der Waals surface area contributed by atoms with Crippen LogP contribution in [-0.4, -0.2) is 25.7 Å². The van der Waals surface area contributed by atoms with Crippen LogP contribution in [0.15, 0.2) is 51.9 Å². The largest absolute Gasteiger partial charge is 0.495 e. The van der Waals surface area contributed by atoms with Gasteiger partial charge in [0.05, 0.1) is 13.7 Å². The number of hydrogen-bond acceptors (Lipinski definition) is 6. The highest BCUT2D eigenvalue weighted by atomic mass is 35.5. The maximum Gasteiger partial charge on any atom is 0.244 e. The monoisotopic (exact) mass is 413 g/mol. The summed E-state index contributed by atoms with van der Waals surface area (Å²) in [5, 5.41) is 4.68. The zero-order chi connectivity index (χ0) is 18.7. The maximum atomic E-state index is 12.5. The Morgan fingerprint density at radius 1 is 1.12 bits per heavy atom. The fourth-order valence-electron chi connectivity index (χ4n) is 2.14. The Bertz CT molecular complexity index is 1020. The van der Waals surface area contributed by atoms with E-state index >= 15 is 0 Å². The molecule has 0 unspecified atom stereocenters. The van der Waals surface area contributed by atoms with Gasteiger partial charge in [0, 0.05) is 15.6 Å². The van der Waals surface area contributed by atoms with Crippen molar-refractivity contribution in [2.45, 2.75) is 11.4 Å². The minimum Gasteiger partial charge on any atom is -0.495 e. The van der Waals surface area contributed by atoms with Gasteiger partial charge in [0.15, 0.2) is 0 Å². The van der Waals surface area contributed by atoms with E-state index in [-0.39, 0.29) is 28.1 Å². The average molecular weight is 414 g/mol. The number of rotatable bonds is 6. The molecule has 0 aliphatic heterocycles. The SMILES string of the molecule is COc1ccc(Cl)cc1S(=O)(=O)NCc1nc(-c2ccc(Cl)cc2)no1. The molecule has 0 aliphatic rings. The Kier molecular flexibility index (Phi) is 5.47. The summed E-state index contributed by atoms with van der Waals surface area (Å²) in [7, 11) is -2.52. The molecule has 0 saturated carbocycles. The lowest BCUT2D eigenvalue weighted by molar-refractivity contribution is 0.375. The normalized spacial score (nSPS) is 11.5. The molecule has 2 aromatic carbocycles. The van der Waals surface area contributed by atoms with E-state index in [0.29, 0.717) is 16.4 Å². The second-order valence-electron chi connectivity index (χ2n) is 5.14. The number of nitrogens with zero attached hydrogens (tertiary/aromatic N) is 2. The van der Waals surface area contributed by atoms with Gasteiger partial charge in [-0.15, -0.1) is 0 Å². The van der Waals surface area contributed by atoms with Gasteiger partial charge in [-0.25, -0.2) is 13.1 Å². The highest BCUT2D eigenvalue weighted by Gasteiger charge is 2.21. The number of ether oxygens (including phenoxy) is 1. The van der Waals surface area contributed by atoms with E-state index in [0.717, 1.165) is 0 Å². The molecule has 0 spiro atoms. The molecule has 0 fully saturated rings. The fourth-order valence-corrected chi connectivity index (χ4v) is 3.67. The smallest absolute Gasteiger partial charge is 0.244 e. The van der Waals surface area contributed by atoms with Crippen molar-refractivity contribution in [3.05, 3.63) is 58.4 Å². The Labute approximate surface area is 159 Å². The third-order valence-corrected chi connectivity index (χ3v) is 5.31. The molecule has 0 aliphatic carbocycles. The molecule has 3 rings (SSSR count). The standard InChI is InChI=1S/C16H13Cl2N3O4S/c1-24-13-7-6-12(18)8-14(13)26(22,23)19-9-15-20-16(21-25-15)10-2-4-11(17)5-3-10/h2-8,19H,9H2,1H3. The van der Waals surface area contributed by atoms with Crippen LogP contribution in [0.2, 0.25) is 10.0 Å². The van der Waals surface area contributed by atoms with Crippen molar-refractivity contribution in [1.82, 2.24) is 14.9 Å². The molecule has 0 atom stereocenters. The first-order chi connectivity index (χ1) is 12.4. The van der Waals surface area contributed by atoms with Gasteiger partial charge in [-0.3, -0.25) is 0 Å². The summed E-state index contributed by atoms with van der Waals surface area (Å²) in [4.78, 5) is 4.08. The number of halogens is 2. The number of aromatic nitrogens is 2. The first-order valence-electron chi connectivity index (χ1n) is 7.31. The highest BCUT2D eigenvalue weighted by Crippen LogP contribution is 2.27. The van der Waals surface area contributed by atoms with Gasteiger partial charge in [0.25, 0.3) is 0 Å². The lowest BCUT2D eigenvalue weighted by Gasteiger charge is -2.09. The van der Waals surface area contributed by atoms with Crippen molar-refractivity contribution in [1.29, 1.82) is 0 Å². The molecule has 0 bridgehead atoms. The second-order valence-corrected chi connectivity index (χ2v) is 7.75. The van der Waals surface area contributed by atoms with Crippen LogP contribution in [0.25, 0.3) is 11.4 Å². The molecule has 0 saturated heterocycles. The van der Waals surface area contributed by atoms with Crippen LogP contribution in [0.1, 0.15) is 5.89 Å². The maximum absolute atomic E-state index is 12.5. The molecule has 7 nitrogen and oxygen atoms in total. The van der Waals surface area contributed by atoms with Crippen molar-refractivity contribution in [3.63, 3.8) is 0 Å². The summed E-state index contributed by atoms with van der Waals surface area (Å²) in [5.74, 6) is 0.616. The fraction of sp³-hybridized carbons (Fsp3) is 0.125. The van der Waals surface area contributed by atoms with Crippen LogP contribution in [0.4, 0.5) is 0 Å². The highest BCUT2D eigenvalue weighted by molar-refractivity contribution is 7.89. The van der Waals surface area contributed by atoms with E-state index in [1.807, 2.05) is 0 Å². The number of benzene rings is 2.